The third-order valence-electron chi connectivity index (χ3n) is 12.4. The van der Waals surface area contributed by atoms with Gasteiger partial charge in [0.25, 0.3) is 0 Å². The fourth-order valence-electron chi connectivity index (χ4n) is 9.47. The number of hydrogen-bond acceptors (Lipinski definition) is 4. The molecule has 0 atom stereocenters. The van der Waals surface area contributed by atoms with Crippen molar-refractivity contribution in [3.05, 3.63) is 212 Å². The van der Waals surface area contributed by atoms with E-state index in [1.54, 1.807) is 0 Å². The van der Waals surface area contributed by atoms with Crippen molar-refractivity contribution in [3.63, 3.8) is 0 Å². The Labute approximate surface area is 366 Å². The molecular formula is C57H35N5S. The predicted molar refractivity (Wildman–Crippen MR) is 263 cm³/mol. The molecule has 63 heavy (non-hydrogen) atoms. The van der Waals surface area contributed by atoms with E-state index in [1.165, 1.54) is 36.5 Å². The van der Waals surface area contributed by atoms with Crippen molar-refractivity contribution in [1.29, 1.82) is 0 Å². The van der Waals surface area contributed by atoms with Crippen LogP contribution in [0.15, 0.2) is 212 Å². The first kappa shape index (κ1) is 35.6. The summed E-state index contributed by atoms with van der Waals surface area (Å²) in [6, 6.07) is 75.8. The third kappa shape index (κ3) is 5.73. The molecule has 0 fully saturated rings. The van der Waals surface area contributed by atoms with Crippen molar-refractivity contribution >= 4 is 75.1 Å². The molecule has 0 aliphatic heterocycles. The summed E-state index contributed by atoms with van der Waals surface area (Å²) in [7, 11) is 0. The highest BCUT2D eigenvalue weighted by Gasteiger charge is 2.23. The van der Waals surface area contributed by atoms with E-state index in [-0.39, 0.29) is 0 Å². The first-order valence-electron chi connectivity index (χ1n) is 21.2. The summed E-state index contributed by atoms with van der Waals surface area (Å²) in [5.74, 6) is 1.82. The lowest BCUT2D eigenvalue weighted by molar-refractivity contribution is 0.954. The van der Waals surface area contributed by atoms with Gasteiger partial charge in [-0.1, -0.05) is 158 Å². The number of nitrogens with zero attached hydrogens (tertiary/aromatic N) is 5. The minimum Gasteiger partial charge on any atom is -0.309 e. The van der Waals surface area contributed by atoms with E-state index in [4.69, 9.17) is 15.0 Å². The number of hydrogen-bond donors (Lipinski definition) is 0. The van der Waals surface area contributed by atoms with Gasteiger partial charge >= 0.3 is 0 Å². The van der Waals surface area contributed by atoms with Crippen LogP contribution in [0.5, 0.6) is 0 Å². The Hall–Kier alpha value is -8.19. The second-order valence-electron chi connectivity index (χ2n) is 16.0. The zero-order valence-corrected chi connectivity index (χ0v) is 34.7. The minimum atomic E-state index is 0.568. The predicted octanol–water partition coefficient (Wildman–Crippen LogP) is 15.1. The Balaban J connectivity index is 1.11. The van der Waals surface area contributed by atoms with Gasteiger partial charge in [-0.2, -0.15) is 9.97 Å². The summed E-state index contributed by atoms with van der Waals surface area (Å²) in [6.07, 6.45) is 0. The summed E-state index contributed by atoms with van der Waals surface area (Å²) >= 11 is 1.81. The zero-order valence-electron chi connectivity index (χ0n) is 33.9. The average molecular weight is 822 g/mol. The van der Waals surface area contributed by atoms with E-state index in [2.05, 4.69) is 203 Å². The largest absolute Gasteiger partial charge is 0.309 e. The van der Waals surface area contributed by atoms with Crippen molar-refractivity contribution < 1.29 is 0 Å². The Bertz CT molecular complexity index is 3900. The fourth-order valence-corrected chi connectivity index (χ4v) is 10.6. The van der Waals surface area contributed by atoms with Gasteiger partial charge in [-0.3, -0.25) is 4.57 Å². The number of thiophene rings is 1. The maximum atomic E-state index is 5.38. The molecule has 9 aromatic carbocycles. The lowest BCUT2D eigenvalue weighted by Crippen LogP contribution is -2.06. The van der Waals surface area contributed by atoms with Gasteiger partial charge in [0.05, 0.1) is 27.8 Å². The fraction of sp³-hybridized carbons (Fsp3) is 0. The molecule has 4 heterocycles. The molecule has 0 amide bonds. The quantitative estimate of drug-likeness (QED) is 0.168. The van der Waals surface area contributed by atoms with Gasteiger partial charge in [0.15, 0.2) is 11.6 Å². The van der Waals surface area contributed by atoms with E-state index in [0.29, 0.717) is 17.6 Å². The molecule has 0 saturated heterocycles. The number of fused-ring (bicyclic) bond motifs is 9. The molecule has 0 spiro atoms. The van der Waals surface area contributed by atoms with Crippen LogP contribution in [0.3, 0.4) is 0 Å². The second kappa shape index (κ2) is 14.2. The van der Waals surface area contributed by atoms with Crippen LogP contribution in [0.4, 0.5) is 0 Å². The first-order valence-corrected chi connectivity index (χ1v) is 22.0. The zero-order chi connectivity index (χ0) is 41.4. The average Bonchev–Trinajstić information content (AvgIpc) is 4.01. The molecule has 0 unspecified atom stereocenters. The Kier molecular flexibility index (Phi) is 8.01. The summed E-state index contributed by atoms with van der Waals surface area (Å²) in [5.41, 5.74) is 11.9. The van der Waals surface area contributed by atoms with Gasteiger partial charge in [-0.05, 0) is 71.3 Å². The standard InChI is InChI=1S/C57H35N5S/c1-4-16-36(17-5-1)39-28-30-41(37-18-6-2-7-19-37)50(33-39)61-48-25-13-10-22-42(48)45-34-46-43-23-11-14-26-49(43)62(52(46)35-51(45)61)57-59-55(38-20-8-3-9-21-38)58-56(60-57)40-29-31-54-47(32-40)44-24-12-15-27-53(44)63-54/h1-35H. The minimum absolute atomic E-state index is 0.568. The van der Waals surface area contributed by atoms with Crippen molar-refractivity contribution in [2.75, 3.05) is 0 Å². The van der Waals surface area contributed by atoms with Crippen LogP contribution in [0.25, 0.3) is 120 Å². The summed E-state index contributed by atoms with van der Waals surface area (Å²) in [4.78, 5) is 15.9. The molecular weight excluding hydrogens is 787 g/mol. The second-order valence-corrected chi connectivity index (χ2v) is 17.1. The topological polar surface area (TPSA) is 48.5 Å². The van der Waals surface area contributed by atoms with Crippen LogP contribution in [0.1, 0.15) is 0 Å². The van der Waals surface area contributed by atoms with Gasteiger partial charge < -0.3 is 4.57 Å². The molecule has 13 rings (SSSR count). The Morgan fingerprint density at radius 1 is 0.302 bits per heavy atom. The van der Waals surface area contributed by atoms with Gasteiger partial charge in [-0.25, -0.2) is 4.98 Å². The molecule has 294 valence electrons. The molecule has 13 aromatic rings. The maximum Gasteiger partial charge on any atom is 0.238 e. The number of para-hydroxylation sites is 2. The van der Waals surface area contributed by atoms with Crippen molar-refractivity contribution in [3.8, 4) is 56.7 Å². The Morgan fingerprint density at radius 2 is 0.841 bits per heavy atom. The molecule has 0 aliphatic rings. The number of benzene rings is 9. The summed E-state index contributed by atoms with van der Waals surface area (Å²) in [6.45, 7) is 0. The molecule has 0 radical (unpaired) electrons. The molecule has 6 heteroatoms. The van der Waals surface area contributed by atoms with Gasteiger partial charge in [-0.15, -0.1) is 11.3 Å². The third-order valence-corrected chi connectivity index (χ3v) is 13.5. The van der Waals surface area contributed by atoms with E-state index < -0.39 is 0 Å². The smallest absolute Gasteiger partial charge is 0.238 e. The van der Waals surface area contributed by atoms with Crippen LogP contribution in [-0.2, 0) is 0 Å². The maximum absolute atomic E-state index is 5.38. The van der Waals surface area contributed by atoms with E-state index in [9.17, 15) is 0 Å². The summed E-state index contributed by atoms with van der Waals surface area (Å²) < 4.78 is 7.20. The highest BCUT2D eigenvalue weighted by molar-refractivity contribution is 7.25. The molecule has 0 N–H and O–H groups in total. The van der Waals surface area contributed by atoms with Crippen LogP contribution < -0.4 is 0 Å². The van der Waals surface area contributed by atoms with Gasteiger partial charge in [0.1, 0.15) is 0 Å². The van der Waals surface area contributed by atoms with E-state index in [1.807, 2.05) is 29.5 Å². The van der Waals surface area contributed by atoms with Crippen LogP contribution >= 0.6 is 11.3 Å². The van der Waals surface area contributed by atoms with E-state index >= 15 is 0 Å². The lowest BCUT2D eigenvalue weighted by atomic mass is 9.98. The van der Waals surface area contributed by atoms with Crippen LogP contribution in [0.2, 0.25) is 0 Å². The van der Waals surface area contributed by atoms with Crippen molar-refractivity contribution in [2.45, 2.75) is 0 Å². The molecule has 0 aliphatic carbocycles. The number of rotatable bonds is 6. The van der Waals surface area contributed by atoms with Gasteiger partial charge in [0, 0.05) is 58.4 Å². The lowest BCUT2D eigenvalue weighted by Gasteiger charge is -2.16. The molecule has 0 saturated carbocycles. The molecule has 4 aromatic heterocycles. The monoisotopic (exact) mass is 821 g/mol. The molecule has 0 bridgehead atoms. The van der Waals surface area contributed by atoms with Crippen molar-refractivity contribution in [2.24, 2.45) is 0 Å². The highest BCUT2D eigenvalue weighted by Crippen LogP contribution is 2.43. The van der Waals surface area contributed by atoms with Crippen LogP contribution in [-0.4, -0.2) is 24.1 Å². The summed E-state index contributed by atoms with van der Waals surface area (Å²) in [5, 5.41) is 7.09. The molecule has 5 nitrogen and oxygen atoms in total. The Morgan fingerprint density at radius 3 is 1.56 bits per heavy atom. The number of aromatic nitrogens is 5. The highest BCUT2D eigenvalue weighted by atomic mass is 32.1. The SMILES string of the molecule is c1ccc(-c2ccc(-c3ccccc3)c(-n3c4ccccc4c4cc5c6ccccc6n(-c6nc(-c7ccccc7)nc(-c7ccc8sc9ccccc9c8c7)n6)c5cc43)c2)cc1. The van der Waals surface area contributed by atoms with E-state index in [0.717, 1.165) is 66.3 Å². The normalized spacial score (nSPS) is 11.8. The van der Waals surface area contributed by atoms with Crippen LogP contribution in [0, 0.1) is 0 Å². The van der Waals surface area contributed by atoms with Gasteiger partial charge in [0.2, 0.25) is 5.95 Å². The first-order chi connectivity index (χ1) is 31.2. The van der Waals surface area contributed by atoms with Crippen molar-refractivity contribution in [1.82, 2.24) is 24.1 Å².